The molecule has 0 bridgehead atoms. The van der Waals surface area contributed by atoms with Crippen molar-refractivity contribution in [2.24, 2.45) is 0 Å². The molecule has 32 heavy (non-hydrogen) atoms. The van der Waals surface area contributed by atoms with Gasteiger partial charge in [-0.1, -0.05) is 50.6 Å². The molecule has 0 aromatic heterocycles. The van der Waals surface area contributed by atoms with Gasteiger partial charge in [-0.3, -0.25) is 4.79 Å². The SMILES string of the molecule is CCCC[NH+](CCCC)Cc1c([O-])ccc2c1OC(=Cc1ccc(C(=O)OC)cc1)C2=O. The monoisotopic (exact) mass is 437 g/mol. The Hall–Kier alpha value is -3.12. The lowest BCUT2D eigenvalue weighted by atomic mass is 10.0. The molecule has 0 radical (unpaired) electrons. The fourth-order valence-electron chi connectivity index (χ4n) is 3.85. The van der Waals surface area contributed by atoms with Crippen molar-refractivity contribution in [3.05, 3.63) is 64.4 Å². The number of carbonyl (C=O) groups excluding carboxylic acids is 2. The molecule has 170 valence electrons. The standard InChI is InChI=1S/C26H31NO5/c1-4-6-14-27(15-7-5-2)17-21-22(28)13-12-20-24(29)23(32-25(20)21)16-18-8-10-19(11-9-18)26(30)31-3/h8-13,16,28H,4-7,14-15,17H2,1-3H3. The smallest absolute Gasteiger partial charge is 0.337 e. The van der Waals surface area contributed by atoms with Crippen molar-refractivity contribution in [3.8, 4) is 11.5 Å². The Kier molecular flexibility index (Phi) is 8.06. The quantitative estimate of drug-likeness (QED) is 0.456. The molecule has 0 saturated heterocycles. The summed E-state index contributed by atoms with van der Waals surface area (Å²) in [6.45, 7) is 6.85. The number of benzene rings is 2. The summed E-state index contributed by atoms with van der Waals surface area (Å²) in [4.78, 5) is 25.9. The highest BCUT2D eigenvalue weighted by atomic mass is 16.5. The summed E-state index contributed by atoms with van der Waals surface area (Å²) >= 11 is 0. The number of ether oxygens (including phenoxy) is 2. The van der Waals surface area contributed by atoms with Crippen molar-refractivity contribution in [1.29, 1.82) is 0 Å². The van der Waals surface area contributed by atoms with Gasteiger partial charge in [0.05, 0.1) is 31.3 Å². The van der Waals surface area contributed by atoms with Gasteiger partial charge in [0.2, 0.25) is 5.78 Å². The molecule has 0 amide bonds. The molecule has 0 saturated carbocycles. The van der Waals surface area contributed by atoms with Crippen LogP contribution in [0.2, 0.25) is 0 Å². The van der Waals surface area contributed by atoms with Crippen LogP contribution in [0.5, 0.6) is 11.5 Å². The van der Waals surface area contributed by atoms with Crippen molar-refractivity contribution in [2.45, 2.75) is 46.1 Å². The van der Waals surface area contributed by atoms with Crippen LogP contribution in [0.4, 0.5) is 0 Å². The summed E-state index contributed by atoms with van der Waals surface area (Å²) in [5, 5.41) is 12.7. The lowest BCUT2D eigenvalue weighted by Crippen LogP contribution is -3.10. The van der Waals surface area contributed by atoms with E-state index < -0.39 is 5.97 Å². The van der Waals surface area contributed by atoms with Gasteiger partial charge >= 0.3 is 5.97 Å². The second-order valence-electron chi connectivity index (χ2n) is 8.11. The van der Waals surface area contributed by atoms with Crippen molar-refractivity contribution in [3.63, 3.8) is 0 Å². The van der Waals surface area contributed by atoms with Gasteiger partial charge in [0.15, 0.2) is 5.76 Å². The fraction of sp³-hybridized carbons (Fsp3) is 0.385. The lowest BCUT2D eigenvalue weighted by molar-refractivity contribution is -0.914. The van der Waals surface area contributed by atoms with Crippen LogP contribution in [0.15, 0.2) is 42.2 Å². The van der Waals surface area contributed by atoms with Crippen LogP contribution in [0.25, 0.3) is 6.08 Å². The van der Waals surface area contributed by atoms with Crippen LogP contribution >= 0.6 is 0 Å². The minimum atomic E-state index is -0.421. The Morgan fingerprint density at radius 1 is 1.06 bits per heavy atom. The molecule has 3 rings (SSSR count). The average Bonchev–Trinajstić information content (AvgIpc) is 3.12. The van der Waals surface area contributed by atoms with E-state index in [1.807, 2.05) is 0 Å². The first kappa shape index (κ1) is 23.5. The van der Waals surface area contributed by atoms with E-state index in [0.717, 1.165) is 44.3 Å². The van der Waals surface area contributed by atoms with E-state index in [-0.39, 0.29) is 17.3 Å². The maximum Gasteiger partial charge on any atom is 0.337 e. The van der Waals surface area contributed by atoms with Gasteiger partial charge in [-0.2, -0.15) is 0 Å². The van der Waals surface area contributed by atoms with Crippen LogP contribution < -0.4 is 14.7 Å². The topological polar surface area (TPSA) is 80.1 Å². The Morgan fingerprint density at radius 2 is 1.72 bits per heavy atom. The number of nitrogens with one attached hydrogen (secondary N) is 1. The van der Waals surface area contributed by atoms with E-state index in [9.17, 15) is 14.7 Å². The number of rotatable bonds is 10. The summed E-state index contributed by atoms with van der Waals surface area (Å²) in [5.41, 5.74) is 2.15. The van der Waals surface area contributed by atoms with Crippen LogP contribution in [-0.4, -0.2) is 32.0 Å². The molecule has 1 aliphatic heterocycles. The van der Waals surface area contributed by atoms with Crippen molar-refractivity contribution in [1.82, 2.24) is 0 Å². The number of ketones is 1. The van der Waals surface area contributed by atoms with Gasteiger partial charge in [0.1, 0.15) is 12.3 Å². The molecule has 1 aliphatic rings. The van der Waals surface area contributed by atoms with Crippen molar-refractivity contribution < 1.29 is 29.1 Å². The highest BCUT2D eigenvalue weighted by Crippen LogP contribution is 2.38. The molecule has 2 aromatic rings. The first-order valence-electron chi connectivity index (χ1n) is 11.3. The second-order valence-corrected chi connectivity index (χ2v) is 8.11. The molecule has 2 aromatic carbocycles. The Morgan fingerprint density at radius 3 is 2.31 bits per heavy atom. The average molecular weight is 438 g/mol. The van der Waals surface area contributed by atoms with Crippen LogP contribution in [0.1, 0.15) is 71.4 Å². The van der Waals surface area contributed by atoms with Crippen LogP contribution in [-0.2, 0) is 11.3 Å². The molecule has 0 fully saturated rings. The molecule has 1 N–H and O–H groups in total. The number of carbonyl (C=O) groups is 2. The zero-order chi connectivity index (χ0) is 23.1. The normalized spacial score (nSPS) is 14.0. The van der Waals surface area contributed by atoms with Crippen molar-refractivity contribution >= 4 is 17.8 Å². The molecule has 6 nitrogen and oxygen atoms in total. The van der Waals surface area contributed by atoms with Crippen molar-refractivity contribution in [2.75, 3.05) is 20.2 Å². The molecular formula is C26H31NO5. The summed E-state index contributed by atoms with van der Waals surface area (Å²) in [5.74, 6) is -0.171. The Balaban J connectivity index is 1.85. The fourth-order valence-corrected chi connectivity index (χ4v) is 3.85. The largest absolute Gasteiger partial charge is 0.872 e. The maximum atomic E-state index is 12.9. The number of hydrogen-bond acceptors (Lipinski definition) is 5. The van der Waals surface area contributed by atoms with Gasteiger partial charge in [-0.15, -0.1) is 0 Å². The molecule has 6 heteroatoms. The van der Waals surface area contributed by atoms with E-state index >= 15 is 0 Å². The number of methoxy groups -OCH3 is 1. The number of esters is 1. The third kappa shape index (κ3) is 5.37. The van der Waals surface area contributed by atoms with E-state index in [2.05, 4.69) is 13.8 Å². The molecule has 0 spiro atoms. The first-order chi connectivity index (χ1) is 15.5. The summed E-state index contributed by atoms with van der Waals surface area (Å²) < 4.78 is 10.7. The van der Waals surface area contributed by atoms with Gasteiger partial charge in [0, 0.05) is 5.56 Å². The van der Waals surface area contributed by atoms with Crippen LogP contribution in [0, 0.1) is 0 Å². The molecule has 0 unspecified atom stereocenters. The molecular weight excluding hydrogens is 406 g/mol. The molecule has 1 heterocycles. The van der Waals surface area contributed by atoms with Gasteiger partial charge in [0.25, 0.3) is 0 Å². The van der Waals surface area contributed by atoms with E-state index in [1.165, 1.54) is 18.1 Å². The number of quaternary nitrogens is 1. The Bertz CT molecular complexity index is 986. The van der Waals surface area contributed by atoms with Gasteiger partial charge < -0.3 is 19.5 Å². The van der Waals surface area contributed by atoms with Gasteiger partial charge in [-0.25, -0.2) is 4.79 Å². The lowest BCUT2D eigenvalue weighted by Gasteiger charge is -2.23. The number of fused-ring (bicyclic) bond motifs is 1. The first-order valence-corrected chi connectivity index (χ1v) is 11.3. The number of Topliss-reactive ketones (excluding diaryl/α,β-unsaturated/α-hetero) is 1. The zero-order valence-corrected chi connectivity index (χ0v) is 19.0. The third-order valence-corrected chi connectivity index (χ3v) is 5.72. The minimum Gasteiger partial charge on any atom is -0.872 e. The molecule has 0 atom stereocenters. The zero-order valence-electron chi connectivity index (χ0n) is 19.0. The predicted octanol–water partition coefficient (Wildman–Crippen LogP) is 3.15. The number of hydrogen-bond donors (Lipinski definition) is 1. The summed E-state index contributed by atoms with van der Waals surface area (Å²) in [7, 11) is 1.33. The van der Waals surface area contributed by atoms with E-state index in [0.29, 0.717) is 29.0 Å². The van der Waals surface area contributed by atoms with E-state index in [1.54, 1.807) is 36.4 Å². The highest BCUT2D eigenvalue weighted by Gasteiger charge is 2.31. The number of unbranched alkanes of at least 4 members (excludes halogenated alkanes) is 2. The number of allylic oxidation sites excluding steroid dienone is 1. The summed E-state index contributed by atoms with van der Waals surface area (Å²) in [6, 6.07) is 9.74. The Labute approximate surface area is 189 Å². The highest BCUT2D eigenvalue weighted by molar-refractivity contribution is 6.15. The molecule has 0 aliphatic carbocycles. The maximum absolute atomic E-state index is 12.9. The van der Waals surface area contributed by atoms with Gasteiger partial charge in [-0.05, 0) is 42.7 Å². The minimum absolute atomic E-state index is 0.0919. The second kappa shape index (κ2) is 11.0. The predicted molar refractivity (Wildman–Crippen MR) is 121 cm³/mol. The summed E-state index contributed by atoms with van der Waals surface area (Å²) in [6.07, 6.45) is 6.02. The third-order valence-electron chi connectivity index (χ3n) is 5.72. The van der Waals surface area contributed by atoms with E-state index in [4.69, 9.17) is 9.47 Å². The van der Waals surface area contributed by atoms with Crippen LogP contribution in [0.3, 0.4) is 0 Å².